The second-order valence-corrected chi connectivity index (χ2v) is 13.3. The Morgan fingerprint density at radius 2 is 1.66 bits per heavy atom. The molecule has 1 amide bonds. The molecule has 1 atom stereocenters. The van der Waals surface area contributed by atoms with Crippen LogP contribution >= 0.6 is 0 Å². The number of unbranched alkanes of at least 4 members (excludes halogenated alkanes) is 2. The Kier molecular flexibility index (Phi) is 11.6. The number of rotatable bonds is 13. The number of benzene rings is 3. The number of esters is 1. The molecule has 6 nitrogen and oxygen atoms in total. The summed E-state index contributed by atoms with van der Waals surface area (Å²) in [6, 6.07) is 20.2. The van der Waals surface area contributed by atoms with Crippen LogP contribution in [0.5, 0.6) is 11.5 Å². The normalized spacial score (nSPS) is 15.7. The summed E-state index contributed by atoms with van der Waals surface area (Å²) in [5, 5.41) is 11.1. The highest BCUT2D eigenvalue weighted by Crippen LogP contribution is 2.44. The van der Waals surface area contributed by atoms with Crippen LogP contribution in [0.15, 0.2) is 84.0 Å². The summed E-state index contributed by atoms with van der Waals surface area (Å²) in [6.07, 6.45) is 10.8. The lowest BCUT2D eigenvalue weighted by atomic mass is 9.98. The molecule has 1 aliphatic heterocycles. The predicted molar refractivity (Wildman–Crippen MR) is 188 cm³/mol. The van der Waals surface area contributed by atoms with Gasteiger partial charge in [0.15, 0.2) is 0 Å². The summed E-state index contributed by atoms with van der Waals surface area (Å²) in [7, 11) is 0. The second-order valence-electron chi connectivity index (χ2n) is 13.3. The number of nitrogens with zero attached hydrogens (tertiary/aromatic N) is 1. The first-order valence-electron chi connectivity index (χ1n) is 17.2. The molecule has 2 aliphatic rings. The fourth-order valence-electron chi connectivity index (χ4n) is 6.67. The van der Waals surface area contributed by atoms with Crippen LogP contribution in [-0.2, 0) is 22.4 Å². The SMILES string of the molecule is CCCCCc1cc(O)c(CC=C(C)CCC=C(C)C)c(OC(=O)C2CCN(C(=O)OCC3c4ccccc4-c4ccccc43)C2)c1. The van der Waals surface area contributed by atoms with Gasteiger partial charge in [0.25, 0.3) is 0 Å². The van der Waals surface area contributed by atoms with Gasteiger partial charge in [0.2, 0.25) is 0 Å². The molecule has 248 valence electrons. The maximum atomic E-state index is 13.5. The van der Waals surface area contributed by atoms with Crippen molar-refractivity contribution in [2.24, 2.45) is 5.92 Å². The van der Waals surface area contributed by atoms with Crippen molar-refractivity contribution < 1.29 is 24.2 Å². The number of fused-ring (bicyclic) bond motifs is 3. The van der Waals surface area contributed by atoms with Gasteiger partial charge in [0, 0.05) is 24.6 Å². The topological polar surface area (TPSA) is 76.1 Å². The van der Waals surface area contributed by atoms with E-state index in [1.807, 2.05) is 36.4 Å². The lowest BCUT2D eigenvalue weighted by Crippen LogP contribution is -2.32. The average Bonchev–Trinajstić information content (AvgIpc) is 3.67. The number of allylic oxidation sites excluding steroid dienone is 4. The fourth-order valence-corrected chi connectivity index (χ4v) is 6.67. The second kappa shape index (κ2) is 16.0. The van der Waals surface area contributed by atoms with Crippen LogP contribution < -0.4 is 4.74 Å². The van der Waals surface area contributed by atoms with Gasteiger partial charge < -0.3 is 19.5 Å². The van der Waals surface area contributed by atoms with Crippen LogP contribution in [0.25, 0.3) is 11.1 Å². The number of amides is 1. The first-order valence-corrected chi connectivity index (χ1v) is 17.2. The van der Waals surface area contributed by atoms with Crippen LogP contribution in [0.2, 0.25) is 0 Å². The van der Waals surface area contributed by atoms with E-state index in [1.165, 1.54) is 33.4 Å². The summed E-state index contributed by atoms with van der Waals surface area (Å²) < 4.78 is 11.9. The molecule has 1 heterocycles. The molecule has 1 aliphatic carbocycles. The standard InChI is InChI=1S/C41H49NO5/c1-5-6-7-15-30-24-38(43)36(21-20-29(4)14-12-13-28(2)3)39(25-30)47-40(44)31-22-23-42(26-31)41(45)46-27-37-34-18-10-8-16-32(34)33-17-9-11-19-35(33)37/h8-11,13,16-20,24-25,31,37,43H,5-7,12,14-15,21-23,26-27H2,1-4H3. The van der Waals surface area contributed by atoms with E-state index in [1.54, 1.807) is 4.90 Å². The maximum Gasteiger partial charge on any atom is 0.409 e. The average molecular weight is 636 g/mol. The zero-order valence-electron chi connectivity index (χ0n) is 28.4. The number of carbonyl (C=O) groups is 2. The zero-order valence-corrected chi connectivity index (χ0v) is 28.4. The van der Waals surface area contributed by atoms with Gasteiger partial charge in [-0.3, -0.25) is 4.79 Å². The number of ether oxygens (including phenoxy) is 2. The molecule has 3 aromatic carbocycles. The number of aromatic hydroxyl groups is 1. The molecule has 0 saturated carbocycles. The highest BCUT2D eigenvalue weighted by Gasteiger charge is 2.35. The Morgan fingerprint density at radius 3 is 2.34 bits per heavy atom. The van der Waals surface area contributed by atoms with Crippen molar-refractivity contribution >= 4 is 12.1 Å². The predicted octanol–water partition coefficient (Wildman–Crippen LogP) is 9.54. The van der Waals surface area contributed by atoms with Crippen molar-refractivity contribution in [3.05, 3.63) is 106 Å². The fraction of sp³-hybridized carbons (Fsp3) is 0.415. The minimum Gasteiger partial charge on any atom is -0.508 e. The third-order valence-electron chi connectivity index (χ3n) is 9.39. The van der Waals surface area contributed by atoms with Crippen LogP contribution in [0.1, 0.15) is 94.4 Å². The summed E-state index contributed by atoms with van der Waals surface area (Å²) in [6.45, 7) is 9.37. The molecule has 6 heteroatoms. The van der Waals surface area contributed by atoms with Gasteiger partial charge in [0.1, 0.15) is 18.1 Å². The quantitative estimate of drug-likeness (QED) is 0.0876. The molecule has 1 saturated heterocycles. The largest absolute Gasteiger partial charge is 0.508 e. The molecular weight excluding hydrogens is 586 g/mol. The number of aryl methyl sites for hydroxylation is 1. The van der Waals surface area contributed by atoms with Crippen molar-refractivity contribution in [1.82, 2.24) is 4.90 Å². The summed E-state index contributed by atoms with van der Waals surface area (Å²) in [4.78, 5) is 28.3. The van der Waals surface area contributed by atoms with Gasteiger partial charge in [-0.05, 0) is 99.2 Å². The van der Waals surface area contributed by atoms with Gasteiger partial charge in [-0.15, -0.1) is 0 Å². The van der Waals surface area contributed by atoms with Gasteiger partial charge in [-0.1, -0.05) is 91.6 Å². The minimum absolute atomic E-state index is 0.0182. The van der Waals surface area contributed by atoms with Crippen molar-refractivity contribution in [3.63, 3.8) is 0 Å². The first kappa shape index (κ1) is 34.0. The minimum atomic E-state index is -0.462. The Balaban J connectivity index is 1.22. The van der Waals surface area contributed by atoms with E-state index in [9.17, 15) is 14.7 Å². The highest BCUT2D eigenvalue weighted by atomic mass is 16.6. The third kappa shape index (κ3) is 8.54. The van der Waals surface area contributed by atoms with Crippen LogP contribution in [0, 0.1) is 5.92 Å². The van der Waals surface area contributed by atoms with Crippen LogP contribution in [0.4, 0.5) is 4.79 Å². The third-order valence-corrected chi connectivity index (χ3v) is 9.39. The smallest absolute Gasteiger partial charge is 0.409 e. The molecule has 1 unspecified atom stereocenters. The zero-order chi connectivity index (χ0) is 33.3. The molecule has 3 aromatic rings. The van der Waals surface area contributed by atoms with E-state index in [0.29, 0.717) is 30.7 Å². The van der Waals surface area contributed by atoms with Gasteiger partial charge >= 0.3 is 12.1 Å². The highest BCUT2D eigenvalue weighted by molar-refractivity contribution is 5.80. The van der Waals surface area contributed by atoms with E-state index >= 15 is 0 Å². The van der Waals surface area contributed by atoms with E-state index < -0.39 is 12.0 Å². The monoisotopic (exact) mass is 635 g/mol. The summed E-state index contributed by atoms with van der Waals surface area (Å²) in [5.41, 5.74) is 8.79. The molecule has 47 heavy (non-hydrogen) atoms. The Labute approximate surface area is 280 Å². The number of phenols is 1. The summed E-state index contributed by atoms with van der Waals surface area (Å²) in [5.74, 6) is -0.295. The molecule has 1 fully saturated rings. The van der Waals surface area contributed by atoms with E-state index in [2.05, 4.69) is 64.1 Å². The Morgan fingerprint density at radius 1 is 0.957 bits per heavy atom. The maximum absolute atomic E-state index is 13.5. The van der Waals surface area contributed by atoms with Crippen molar-refractivity contribution in [2.75, 3.05) is 19.7 Å². The van der Waals surface area contributed by atoms with Crippen molar-refractivity contribution in [3.8, 4) is 22.6 Å². The molecule has 1 N–H and O–H groups in total. The van der Waals surface area contributed by atoms with Gasteiger partial charge in [0.05, 0.1) is 5.92 Å². The molecule has 0 bridgehead atoms. The van der Waals surface area contributed by atoms with Crippen LogP contribution in [-0.4, -0.2) is 41.8 Å². The molecule has 0 spiro atoms. The lowest BCUT2D eigenvalue weighted by molar-refractivity contribution is -0.138. The summed E-state index contributed by atoms with van der Waals surface area (Å²) >= 11 is 0. The number of hydrogen-bond donors (Lipinski definition) is 1. The van der Waals surface area contributed by atoms with Gasteiger partial charge in [-0.25, -0.2) is 4.79 Å². The molecule has 5 rings (SSSR count). The van der Waals surface area contributed by atoms with E-state index in [-0.39, 0.29) is 30.8 Å². The number of likely N-dealkylation sites (tertiary alicyclic amines) is 1. The number of carbonyl (C=O) groups excluding carboxylic acids is 2. The van der Waals surface area contributed by atoms with Crippen molar-refractivity contribution in [2.45, 2.75) is 85.0 Å². The Hall–Kier alpha value is -4.32. The van der Waals surface area contributed by atoms with Crippen molar-refractivity contribution in [1.29, 1.82) is 0 Å². The molecule has 0 aromatic heterocycles. The molecular formula is C41H49NO5. The van der Waals surface area contributed by atoms with E-state index in [4.69, 9.17) is 9.47 Å². The first-order chi connectivity index (χ1) is 22.7. The number of hydrogen-bond acceptors (Lipinski definition) is 5. The number of phenolic OH excluding ortho intramolecular Hbond substituents is 1. The Bertz CT molecular complexity index is 1590. The molecule has 0 radical (unpaired) electrons. The lowest BCUT2D eigenvalue weighted by Gasteiger charge is -2.19. The van der Waals surface area contributed by atoms with Crippen LogP contribution in [0.3, 0.4) is 0 Å². The van der Waals surface area contributed by atoms with E-state index in [0.717, 1.165) is 44.1 Å². The van der Waals surface area contributed by atoms with Gasteiger partial charge in [-0.2, -0.15) is 0 Å².